The van der Waals surface area contributed by atoms with Crippen molar-refractivity contribution in [3.8, 4) is 0 Å². The summed E-state index contributed by atoms with van der Waals surface area (Å²) < 4.78 is 40.3. The molecule has 3 nitrogen and oxygen atoms in total. The first kappa shape index (κ1) is 15.0. The third-order valence-electron chi connectivity index (χ3n) is 4.86. The molecule has 1 unspecified atom stereocenters. The van der Waals surface area contributed by atoms with Gasteiger partial charge in [-0.3, -0.25) is 0 Å². The first-order valence-corrected chi connectivity index (χ1v) is 9.30. The fraction of sp³-hybridized carbons (Fsp3) is 0.625. The molecule has 1 atom stereocenters. The second kappa shape index (κ2) is 6.05. The summed E-state index contributed by atoms with van der Waals surface area (Å²) in [6.07, 6.45) is 7.87. The SMILES string of the molecule is O=S(=O)(c1ccc(F)cc1)N1CCCC1C1CCCCC1. The standard InChI is InChI=1S/C16H22FNO2S/c17-14-8-10-15(11-9-14)21(19,20)18-12-4-7-16(18)13-5-2-1-3-6-13/h8-11,13,16H,1-7,12H2. The largest absolute Gasteiger partial charge is 0.243 e. The Labute approximate surface area is 126 Å². The normalized spacial score (nSPS) is 25.3. The molecule has 5 heteroatoms. The van der Waals surface area contributed by atoms with Crippen molar-refractivity contribution in [2.45, 2.75) is 55.9 Å². The van der Waals surface area contributed by atoms with Crippen molar-refractivity contribution in [3.63, 3.8) is 0 Å². The van der Waals surface area contributed by atoms with E-state index < -0.39 is 15.8 Å². The van der Waals surface area contributed by atoms with Crippen LogP contribution in [0.25, 0.3) is 0 Å². The first-order valence-electron chi connectivity index (χ1n) is 7.86. The number of hydrogen-bond donors (Lipinski definition) is 0. The molecule has 1 aliphatic heterocycles. The first-order chi connectivity index (χ1) is 10.1. The van der Waals surface area contributed by atoms with E-state index in [2.05, 4.69) is 0 Å². The predicted octanol–water partition coefficient (Wildman–Crippen LogP) is 3.56. The summed E-state index contributed by atoms with van der Waals surface area (Å²) in [6.45, 7) is 0.598. The highest BCUT2D eigenvalue weighted by Gasteiger charge is 2.39. The lowest BCUT2D eigenvalue weighted by atomic mass is 9.83. The number of hydrogen-bond acceptors (Lipinski definition) is 2. The van der Waals surface area contributed by atoms with Gasteiger partial charge < -0.3 is 0 Å². The predicted molar refractivity (Wildman–Crippen MR) is 79.9 cm³/mol. The molecule has 2 fully saturated rings. The smallest absolute Gasteiger partial charge is 0.207 e. The Morgan fingerprint density at radius 2 is 1.62 bits per heavy atom. The van der Waals surface area contributed by atoms with Gasteiger partial charge >= 0.3 is 0 Å². The molecule has 1 aliphatic carbocycles. The van der Waals surface area contributed by atoms with Crippen molar-refractivity contribution < 1.29 is 12.8 Å². The molecular formula is C16H22FNO2S. The molecule has 1 aromatic rings. The van der Waals surface area contributed by atoms with Crippen LogP contribution in [0.3, 0.4) is 0 Å². The zero-order chi connectivity index (χ0) is 14.9. The lowest BCUT2D eigenvalue weighted by molar-refractivity contribution is 0.226. The number of nitrogens with zero attached hydrogens (tertiary/aromatic N) is 1. The van der Waals surface area contributed by atoms with E-state index in [0.717, 1.165) is 25.7 Å². The molecule has 1 saturated heterocycles. The molecular weight excluding hydrogens is 289 g/mol. The maximum absolute atomic E-state index is 13.0. The highest BCUT2D eigenvalue weighted by atomic mass is 32.2. The summed E-state index contributed by atoms with van der Waals surface area (Å²) in [6, 6.07) is 5.33. The van der Waals surface area contributed by atoms with Gasteiger partial charge in [0.05, 0.1) is 4.90 Å². The number of sulfonamides is 1. The second-order valence-electron chi connectivity index (χ2n) is 6.18. The molecule has 0 spiro atoms. The van der Waals surface area contributed by atoms with Crippen molar-refractivity contribution in [1.29, 1.82) is 0 Å². The van der Waals surface area contributed by atoms with Crippen molar-refractivity contribution in [1.82, 2.24) is 4.31 Å². The number of rotatable bonds is 3. The minimum atomic E-state index is -3.49. The quantitative estimate of drug-likeness (QED) is 0.856. The van der Waals surface area contributed by atoms with E-state index in [-0.39, 0.29) is 10.9 Å². The van der Waals surface area contributed by atoms with Crippen LogP contribution in [-0.4, -0.2) is 25.3 Å². The highest BCUT2D eigenvalue weighted by molar-refractivity contribution is 7.89. The Bertz CT molecular complexity index is 579. The van der Waals surface area contributed by atoms with Gasteiger partial charge in [0.25, 0.3) is 0 Å². The van der Waals surface area contributed by atoms with Gasteiger partial charge in [-0.1, -0.05) is 19.3 Å². The van der Waals surface area contributed by atoms with Crippen LogP contribution in [0.1, 0.15) is 44.9 Å². The fourth-order valence-electron chi connectivity index (χ4n) is 3.80. The average Bonchev–Trinajstić information content (AvgIpc) is 2.99. The van der Waals surface area contributed by atoms with Gasteiger partial charge in [-0.15, -0.1) is 0 Å². The Morgan fingerprint density at radius 3 is 2.29 bits per heavy atom. The summed E-state index contributed by atoms with van der Waals surface area (Å²) >= 11 is 0. The van der Waals surface area contributed by atoms with Gasteiger partial charge in [0.2, 0.25) is 10.0 Å². The van der Waals surface area contributed by atoms with Crippen molar-refractivity contribution >= 4 is 10.0 Å². The van der Waals surface area contributed by atoms with Crippen LogP contribution in [-0.2, 0) is 10.0 Å². The van der Waals surface area contributed by atoms with Gasteiger partial charge in [0.1, 0.15) is 5.82 Å². The van der Waals surface area contributed by atoms with E-state index >= 15 is 0 Å². The van der Waals surface area contributed by atoms with Crippen molar-refractivity contribution in [3.05, 3.63) is 30.1 Å². The molecule has 0 N–H and O–H groups in total. The van der Waals surface area contributed by atoms with E-state index in [4.69, 9.17) is 0 Å². The van der Waals surface area contributed by atoms with Crippen LogP contribution in [0, 0.1) is 11.7 Å². The molecule has 0 aromatic heterocycles. The molecule has 21 heavy (non-hydrogen) atoms. The van der Waals surface area contributed by atoms with E-state index in [1.165, 1.54) is 43.5 Å². The lowest BCUT2D eigenvalue weighted by Crippen LogP contribution is -2.40. The number of halogens is 1. The van der Waals surface area contributed by atoms with Gasteiger partial charge in [-0.25, -0.2) is 12.8 Å². The Kier molecular flexibility index (Phi) is 4.31. The maximum atomic E-state index is 13.0. The van der Waals surface area contributed by atoms with Crippen LogP contribution in [0.15, 0.2) is 29.2 Å². The van der Waals surface area contributed by atoms with E-state index in [1.54, 1.807) is 4.31 Å². The molecule has 0 amide bonds. The fourth-order valence-corrected chi connectivity index (χ4v) is 5.55. The molecule has 2 aliphatic rings. The van der Waals surface area contributed by atoms with Gasteiger partial charge in [0, 0.05) is 12.6 Å². The highest BCUT2D eigenvalue weighted by Crippen LogP contribution is 2.37. The third kappa shape index (κ3) is 2.99. The van der Waals surface area contributed by atoms with Crippen molar-refractivity contribution in [2.75, 3.05) is 6.54 Å². The minimum absolute atomic E-state index is 0.139. The lowest BCUT2D eigenvalue weighted by Gasteiger charge is -2.33. The number of benzene rings is 1. The van der Waals surface area contributed by atoms with Crippen LogP contribution in [0.4, 0.5) is 4.39 Å². The van der Waals surface area contributed by atoms with E-state index in [0.29, 0.717) is 12.5 Å². The van der Waals surface area contributed by atoms with Gasteiger partial charge in [-0.2, -0.15) is 4.31 Å². The molecule has 3 rings (SSSR count). The molecule has 1 heterocycles. The van der Waals surface area contributed by atoms with Crippen LogP contribution < -0.4 is 0 Å². The summed E-state index contributed by atoms with van der Waals surface area (Å²) in [7, 11) is -3.49. The topological polar surface area (TPSA) is 37.4 Å². The summed E-state index contributed by atoms with van der Waals surface area (Å²) in [5, 5.41) is 0. The van der Waals surface area contributed by atoms with E-state index in [9.17, 15) is 12.8 Å². The zero-order valence-corrected chi connectivity index (χ0v) is 13.0. The average molecular weight is 311 g/mol. The summed E-state index contributed by atoms with van der Waals surface area (Å²) in [5.74, 6) is 0.0932. The molecule has 116 valence electrons. The van der Waals surface area contributed by atoms with Gasteiger partial charge in [0.15, 0.2) is 0 Å². The van der Waals surface area contributed by atoms with E-state index in [1.807, 2.05) is 0 Å². The Balaban J connectivity index is 1.84. The van der Waals surface area contributed by atoms with Crippen molar-refractivity contribution in [2.24, 2.45) is 5.92 Å². The summed E-state index contributed by atoms with van der Waals surface area (Å²) in [5.41, 5.74) is 0. The summed E-state index contributed by atoms with van der Waals surface area (Å²) in [4.78, 5) is 0.214. The third-order valence-corrected chi connectivity index (χ3v) is 6.80. The zero-order valence-electron chi connectivity index (χ0n) is 12.2. The molecule has 1 aromatic carbocycles. The monoisotopic (exact) mass is 311 g/mol. The molecule has 0 bridgehead atoms. The molecule has 1 saturated carbocycles. The maximum Gasteiger partial charge on any atom is 0.243 e. The van der Waals surface area contributed by atoms with Crippen LogP contribution >= 0.6 is 0 Å². The van der Waals surface area contributed by atoms with Crippen LogP contribution in [0.2, 0.25) is 0 Å². The van der Waals surface area contributed by atoms with Gasteiger partial charge in [-0.05, 0) is 55.9 Å². The Morgan fingerprint density at radius 1 is 0.952 bits per heavy atom. The Hall–Kier alpha value is -0.940. The van der Waals surface area contributed by atoms with Crippen LogP contribution in [0.5, 0.6) is 0 Å². The second-order valence-corrected chi connectivity index (χ2v) is 8.07. The minimum Gasteiger partial charge on any atom is -0.207 e. The molecule has 0 radical (unpaired) electrons.